The van der Waals surface area contributed by atoms with Gasteiger partial charge in [-0.25, -0.2) is 4.79 Å². The van der Waals surface area contributed by atoms with E-state index in [1.165, 1.54) is 7.11 Å². The highest BCUT2D eigenvalue weighted by atomic mass is 35.5. The van der Waals surface area contributed by atoms with Gasteiger partial charge >= 0.3 is 5.97 Å². The highest BCUT2D eigenvalue weighted by Gasteiger charge is 2.16. The van der Waals surface area contributed by atoms with Gasteiger partial charge in [-0.3, -0.25) is 4.79 Å². The molecule has 0 bridgehead atoms. The fourth-order valence-electron chi connectivity index (χ4n) is 2.16. The van der Waals surface area contributed by atoms with Crippen LogP contribution in [0.5, 0.6) is 5.75 Å². The van der Waals surface area contributed by atoms with Gasteiger partial charge in [-0.15, -0.1) is 0 Å². The molecule has 0 spiro atoms. The molecule has 5 nitrogen and oxygen atoms in total. The molecule has 0 saturated carbocycles. The number of halogens is 1. The Morgan fingerprint density at radius 3 is 2.62 bits per heavy atom. The van der Waals surface area contributed by atoms with E-state index >= 15 is 0 Å². The summed E-state index contributed by atoms with van der Waals surface area (Å²) in [6, 6.07) is 13.6. The van der Waals surface area contributed by atoms with Crippen molar-refractivity contribution in [1.29, 1.82) is 0 Å². The minimum atomic E-state index is -0.613. The lowest BCUT2D eigenvalue weighted by Gasteiger charge is -2.15. The molecule has 24 heavy (non-hydrogen) atoms. The van der Waals surface area contributed by atoms with E-state index in [1.807, 2.05) is 19.1 Å². The second-order valence-corrected chi connectivity index (χ2v) is 5.56. The van der Waals surface area contributed by atoms with Crippen molar-refractivity contribution in [1.82, 2.24) is 5.32 Å². The highest BCUT2D eigenvalue weighted by Crippen LogP contribution is 2.19. The van der Waals surface area contributed by atoms with Crippen LogP contribution in [0.25, 0.3) is 0 Å². The largest absolute Gasteiger partial charge is 0.496 e. The number of rotatable bonds is 6. The molecule has 1 N–H and O–H groups in total. The molecular weight excluding hydrogens is 330 g/mol. The Bertz CT molecular complexity index is 732. The van der Waals surface area contributed by atoms with Crippen molar-refractivity contribution in [3.8, 4) is 5.75 Å². The number of hydrogen-bond donors (Lipinski definition) is 1. The topological polar surface area (TPSA) is 64.6 Å². The number of para-hydroxylation sites is 1. The van der Waals surface area contributed by atoms with E-state index in [0.717, 1.165) is 5.56 Å². The molecule has 0 aliphatic carbocycles. The highest BCUT2D eigenvalue weighted by molar-refractivity contribution is 6.30. The van der Waals surface area contributed by atoms with Crippen LogP contribution >= 0.6 is 11.6 Å². The summed E-state index contributed by atoms with van der Waals surface area (Å²) in [4.78, 5) is 24.0. The van der Waals surface area contributed by atoms with Crippen LogP contribution in [0.1, 0.15) is 28.9 Å². The van der Waals surface area contributed by atoms with E-state index in [-0.39, 0.29) is 18.2 Å². The molecular formula is C18H18ClNO4. The van der Waals surface area contributed by atoms with Crippen molar-refractivity contribution < 1.29 is 19.1 Å². The Morgan fingerprint density at radius 1 is 1.17 bits per heavy atom. The number of carbonyl (C=O) groups excluding carboxylic acids is 2. The monoisotopic (exact) mass is 347 g/mol. The van der Waals surface area contributed by atoms with Gasteiger partial charge in [-0.2, -0.15) is 0 Å². The lowest BCUT2D eigenvalue weighted by atomic mass is 10.1. The minimum Gasteiger partial charge on any atom is -0.496 e. The van der Waals surface area contributed by atoms with Crippen LogP contribution in [-0.2, 0) is 9.53 Å². The number of hydrogen-bond acceptors (Lipinski definition) is 4. The second-order valence-electron chi connectivity index (χ2n) is 5.12. The van der Waals surface area contributed by atoms with E-state index in [1.54, 1.807) is 36.4 Å². The fourth-order valence-corrected chi connectivity index (χ4v) is 2.36. The molecule has 0 unspecified atom stereocenters. The predicted octanol–water partition coefficient (Wildman–Crippen LogP) is 3.38. The molecule has 0 radical (unpaired) electrons. The molecule has 0 aliphatic heterocycles. The first-order valence-electron chi connectivity index (χ1n) is 7.36. The third-order valence-corrected chi connectivity index (χ3v) is 3.62. The van der Waals surface area contributed by atoms with Gasteiger partial charge in [0.1, 0.15) is 11.3 Å². The van der Waals surface area contributed by atoms with Crippen molar-refractivity contribution in [3.05, 3.63) is 64.7 Å². The number of amides is 1. The summed E-state index contributed by atoms with van der Waals surface area (Å²) < 4.78 is 10.1. The molecule has 0 fully saturated rings. The summed E-state index contributed by atoms with van der Waals surface area (Å²) in [6.07, 6.45) is 0. The molecule has 2 rings (SSSR count). The lowest BCUT2D eigenvalue weighted by Crippen LogP contribution is -2.31. The molecule has 1 atom stereocenters. The van der Waals surface area contributed by atoms with Crippen molar-refractivity contribution in [3.63, 3.8) is 0 Å². The average Bonchev–Trinajstić information content (AvgIpc) is 2.59. The number of carbonyl (C=O) groups is 2. The Kier molecular flexibility index (Phi) is 6.21. The zero-order valence-electron chi connectivity index (χ0n) is 13.4. The molecule has 2 aromatic rings. The SMILES string of the molecule is COc1ccccc1C(=O)OCC(=O)N[C@H](C)c1cccc(Cl)c1. The average molecular weight is 348 g/mol. The Hall–Kier alpha value is -2.53. The number of ether oxygens (including phenoxy) is 2. The summed E-state index contributed by atoms with van der Waals surface area (Å²) >= 11 is 5.93. The Labute approximate surface area is 145 Å². The summed E-state index contributed by atoms with van der Waals surface area (Å²) in [5, 5.41) is 3.35. The zero-order valence-corrected chi connectivity index (χ0v) is 14.2. The third kappa shape index (κ3) is 4.73. The van der Waals surface area contributed by atoms with Crippen molar-refractivity contribution in [2.24, 2.45) is 0 Å². The fraction of sp³-hybridized carbons (Fsp3) is 0.222. The summed E-state index contributed by atoms with van der Waals surface area (Å²) in [5.74, 6) is -0.612. The predicted molar refractivity (Wildman–Crippen MR) is 91.3 cm³/mol. The molecule has 126 valence electrons. The molecule has 1 amide bonds. The first kappa shape index (κ1) is 17.8. The van der Waals surface area contributed by atoms with Crippen LogP contribution in [0.4, 0.5) is 0 Å². The van der Waals surface area contributed by atoms with Gasteiger partial charge in [-0.1, -0.05) is 35.9 Å². The van der Waals surface area contributed by atoms with Crippen LogP contribution < -0.4 is 10.1 Å². The molecule has 0 aliphatic rings. The van der Waals surface area contributed by atoms with Crippen LogP contribution in [0.3, 0.4) is 0 Å². The first-order chi connectivity index (χ1) is 11.5. The standard InChI is InChI=1S/C18H18ClNO4/c1-12(13-6-5-7-14(19)10-13)20-17(21)11-24-18(22)15-8-3-4-9-16(15)23-2/h3-10,12H,11H2,1-2H3,(H,20,21)/t12-/m1/s1. The van der Waals surface area contributed by atoms with Gasteiger partial charge in [0.25, 0.3) is 5.91 Å². The Morgan fingerprint density at radius 2 is 1.92 bits per heavy atom. The molecule has 0 heterocycles. The number of benzene rings is 2. The maximum absolute atomic E-state index is 12.0. The summed E-state index contributed by atoms with van der Waals surface area (Å²) in [5.41, 5.74) is 1.14. The molecule has 6 heteroatoms. The van der Waals surface area contributed by atoms with E-state index < -0.39 is 11.9 Å². The van der Waals surface area contributed by atoms with Gasteiger partial charge in [0.2, 0.25) is 0 Å². The van der Waals surface area contributed by atoms with E-state index in [2.05, 4.69) is 5.32 Å². The van der Waals surface area contributed by atoms with Gasteiger partial charge in [0, 0.05) is 5.02 Å². The van der Waals surface area contributed by atoms with E-state index in [9.17, 15) is 9.59 Å². The quantitative estimate of drug-likeness (QED) is 0.813. The van der Waals surface area contributed by atoms with E-state index in [0.29, 0.717) is 10.8 Å². The third-order valence-electron chi connectivity index (χ3n) is 3.39. The van der Waals surface area contributed by atoms with Crippen LogP contribution in [0, 0.1) is 0 Å². The van der Waals surface area contributed by atoms with Crippen molar-refractivity contribution in [2.45, 2.75) is 13.0 Å². The zero-order chi connectivity index (χ0) is 17.5. The molecule has 2 aromatic carbocycles. The summed E-state index contributed by atoms with van der Waals surface area (Å²) in [6.45, 7) is 1.45. The number of nitrogens with one attached hydrogen (secondary N) is 1. The number of esters is 1. The smallest absolute Gasteiger partial charge is 0.342 e. The molecule has 0 aromatic heterocycles. The number of methoxy groups -OCH3 is 1. The first-order valence-corrected chi connectivity index (χ1v) is 7.74. The van der Waals surface area contributed by atoms with Gasteiger partial charge in [0.15, 0.2) is 6.61 Å². The minimum absolute atomic E-state index is 0.249. The van der Waals surface area contributed by atoms with Gasteiger partial charge in [-0.05, 0) is 36.8 Å². The van der Waals surface area contributed by atoms with Gasteiger partial charge < -0.3 is 14.8 Å². The lowest BCUT2D eigenvalue weighted by molar-refractivity contribution is -0.124. The normalized spacial score (nSPS) is 11.5. The maximum atomic E-state index is 12.0. The maximum Gasteiger partial charge on any atom is 0.342 e. The van der Waals surface area contributed by atoms with E-state index in [4.69, 9.17) is 21.1 Å². The Balaban J connectivity index is 1.90. The van der Waals surface area contributed by atoms with Crippen molar-refractivity contribution >= 4 is 23.5 Å². The van der Waals surface area contributed by atoms with Crippen molar-refractivity contribution in [2.75, 3.05) is 13.7 Å². The van der Waals surface area contributed by atoms with Gasteiger partial charge in [0.05, 0.1) is 13.2 Å². The molecule has 0 saturated heterocycles. The van der Waals surface area contributed by atoms with Crippen LogP contribution in [0.15, 0.2) is 48.5 Å². The van der Waals surface area contributed by atoms with Crippen LogP contribution in [-0.4, -0.2) is 25.6 Å². The second kappa shape index (κ2) is 8.36. The summed E-state index contributed by atoms with van der Waals surface area (Å²) in [7, 11) is 1.46. The van der Waals surface area contributed by atoms with Crippen LogP contribution in [0.2, 0.25) is 5.02 Å².